The number of anilines is 8. The van der Waals surface area contributed by atoms with Crippen molar-refractivity contribution in [3.8, 4) is 28.7 Å². The number of carbonyl (C=O) groups is 11. The second-order valence-corrected chi connectivity index (χ2v) is 33.7. The van der Waals surface area contributed by atoms with Gasteiger partial charge in [0.05, 0.1) is 36.2 Å². The molecule has 0 fully saturated rings. The third-order valence-electron chi connectivity index (χ3n) is 23.5. The molecule has 28 heteroatoms. The van der Waals surface area contributed by atoms with E-state index >= 15 is 0 Å². The highest BCUT2D eigenvalue weighted by Crippen LogP contribution is 2.42. The highest BCUT2D eigenvalue weighted by Gasteiger charge is 2.35. The molecule has 11 aromatic carbocycles. The van der Waals surface area contributed by atoms with Crippen molar-refractivity contribution in [2.45, 2.75) is 52.0 Å². The van der Waals surface area contributed by atoms with Gasteiger partial charge in [0.15, 0.2) is 70.7 Å². The fourth-order valence-electron chi connectivity index (χ4n) is 16.5. The number of nitrogens with zero attached hydrogens (tertiary/aromatic N) is 6. The molecule has 2 N–H and O–H groups in total. The summed E-state index contributed by atoms with van der Waals surface area (Å²) in [5.74, 6) is 4.94. The number of Topliss-reactive ketones (excluding diaryl/α,β-unsaturated/α-hetero) is 10. The number of ketones is 10. The van der Waals surface area contributed by atoms with Crippen LogP contribution in [0.1, 0.15) is 150 Å². The van der Waals surface area contributed by atoms with Crippen LogP contribution >= 0.6 is 34.8 Å². The van der Waals surface area contributed by atoms with Gasteiger partial charge in [-0.2, -0.15) is 0 Å². The Labute approximate surface area is 773 Å². The third-order valence-corrected chi connectivity index (χ3v) is 24.5. The second-order valence-electron chi connectivity index (χ2n) is 32.4. The Hall–Kier alpha value is -14.1. The molecule has 0 saturated carbocycles. The maximum absolute atomic E-state index is 11.9. The predicted octanol–water partition coefficient (Wildman–Crippen LogP) is 19.3. The Kier molecular flexibility index (Phi) is 29.5. The molecule has 131 heavy (non-hydrogen) atoms. The maximum atomic E-state index is 11.9. The van der Waals surface area contributed by atoms with Crippen LogP contribution in [0.15, 0.2) is 229 Å². The van der Waals surface area contributed by atoms with Gasteiger partial charge in [-0.15, -0.1) is 0 Å². The summed E-state index contributed by atoms with van der Waals surface area (Å²) in [6.07, 6.45) is 2.28. The minimum Gasteiger partial charge on any atom is -0.497 e. The van der Waals surface area contributed by atoms with Crippen LogP contribution in [0.2, 0.25) is 10.0 Å². The number of ether oxygens (including phenoxy) is 5. The summed E-state index contributed by atoms with van der Waals surface area (Å²) in [7, 11) is 11.4. The van der Waals surface area contributed by atoms with Crippen LogP contribution in [0.5, 0.6) is 28.7 Å². The number of amides is 1. The standard InChI is InChI=1S/C14H8O3.C12H15NO2.C11H12ClNO.C11H11NO2.C10H10ClNO.C10H11NO.C9H8ClNO.C9H9NO.C9H6O4.C8H7NO/c15-11-7-16-13-5-9-8-3-1-2-4-12(8)17-14(9)6-10(11)13;1-8-7-13(2)11-6-9(15-3)4-5-10(11)12(8)14;1-7-6-13(2)10-5-8(12)3-4-9(10)11(7)14;1-8(13)12-7-6-11(14)9-4-2-3-5-10(9)12;1-12-5-4-10(13)8-6-7(11)2-3-9(8)12;1-11-7-6-10(12)8-4-2-3-5-9(8)11;1-11-7-5-3-2-4-6(7)8(12)9(11)10;11-9-5-6-10-8-4-2-1-3-7(8)9;10-6-3-11-7-2-9-8(1-5(6)7)12-4-13-9;10-8-5-9-7-4-2-1-3-6(7)8/h1-6H,7H2;4-6,8H,7H2,1-3H3;3-5,7H,6H2,1-2H3;2-5H,6-7H2,1H3;2-3,6H,4-5H2,1H3;2-5H,6-7H2,1H3;2-5,9H,1H3;1-4,10H,5-6H2;1-2H,3-4H2;1-4,9H,5H2. The number of nitrogens with one attached hydrogen (secondary N) is 2. The number of carbonyl (C=O) groups excluding carboxylic acids is 11. The Balaban J connectivity index is 0.000000118. The van der Waals surface area contributed by atoms with Crippen LogP contribution < -0.4 is 63.7 Å². The SMILES string of the molecule is CC(=O)N1CCC(=O)c2ccccc21.CC1CN(C)c2cc(Cl)ccc2C1=O.CN1CCC(=O)c2cc(Cl)ccc21.CN1CCC(=O)c2ccccc21.CN1c2ccccc2C(=O)C1Cl.COc1ccc2c(c1)N(C)CC(C)C2=O.O=C1CCNc2ccccc21.O=C1CNc2ccccc21.O=C1COc2cc3c(cc21)OCO3.O=C1COc2cc3c(cc21)oc1ccccc13. The smallest absolute Gasteiger partial charge is 0.231 e. The molecule has 12 aromatic rings. The van der Waals surface area contributed by atoms with E-state index in [9.17, 15) is 52.7 Å². The quantitative estimate of drug-likeness (QED) is 0.114. The van der Waals surface area contributed by atoms with Crippen LogP contribution in [0.3, 0.4) is 0 Å². The van der Waals surface area contributed by atoms with Gasteiger partial charge in [-0.05, 0) is 133 Å². The Morgan fingerprint density at radius 3 is 1.46 bits per heavy atom. The first-order valence-electron chi connectivity index (χ1n) is 42.7. The number of rotatable bonds is 1. The molecule has 1 amide bonds. The summed E-state index contributed by atoms with van der Waals surface area (Å²) in [5, 5.41) is 9.52. The number of furan rings is 1. The van der Waals surface area contributed by atoms with Crippen LogP contribution in [0.4, 0.5) is 45.5 Å². The molecule has 672 valence electrons. The van der Waals surface area contributed by atoms with E-state index < -0.39 is 5.50 Å². The summed E-state index contributed by atoms with van der Waals surface area (Å²) >= 11 is 17.6. The Morgan fingerprint density at radius 1 is 0.382 bits per heavy atom. The van der Waals surface area contributed by atoms with Crippen LogP contribution in [-0.2, 0) is 4.79 Å². The molecule has 11 aliphatic rings. The van der Waals surface area contributed by atoms with Crippen molar-refractivity contribution < 1.29 is 80.8 Å². The zero-order valence-electron chi connectivity index (χ0n) is 73.8. The Morgan fingerprint density at radius 2 is 0.855 bits per heavy atom. The summed E-state index contributed by atoms with van der Waals surface area (Å²) in [4.78, 5) is 138. The van der Waals surface area contributed by atoms with Gasteiger partial charge in [-0.1, -0.05) is 128 Å². The normalized spacial score (nSPS) is 17.1. The van der Waals surface area contributed by atoms with Gasteiger partial charge in [0.25, 0.3) is 0 Å². The van der Waals surface area contributed by atoms with Crippen molar-refractivity contribution in [2.75, 3.05) is 148 Å². The van der Waals surface area contributed by atoms with Gasteiger partial charge in [-0.3, -0.25) is 52.7 Å². The second kappa shape index (κ2) is 41.5. The number of methoxy groups -OCH3 is 1. The highest BCUT2D eigenvalue weighted by atomic mass is 35.5. The first-order valence-corrected chi connectivity index (χ1v) is 43.9. The number of hydrogen-bond acceptors (Lipinski definition) is 24. The lowest BCUT2D eigenvalue weighted by atomic mass is 9.93. The average Bonchev–Trinajstić information content (AvgIpc) is 1.63. The maximum Gasteiger partial charge on any atom is 0.231 e. The number of benzene rings is 11. The number of fused-ring (bicyclic) bond motifs is 14. The van der Waals surface area contributed by atoms with E-state index in [1.807, 2.05) is 231 Å². The van der Waals surface area contributed by atoms with Crippen molar-refractivity contribution in [1.82, 2.24) is 0 Å². The molecule has 25 nitrogen and oxygen atoms in total. The monoisotopic (exact) mass is 1820 g/mol. The molecule has 12 heterocycles. The zero-order chi connectivity index (χ0) is 93.0. The van der Waals surface area contributed by atoms with Crippen LogP contribution in [-0.4, -0.2) is 177 Å². The number of alkyl halides is 1. The first kappa shape index (κ1) is 93.0. The molecular weight excluding hydrogens is 1730 g/mol. The summed E-state index contributed by atoms with van der Waals surface area (Å²) in [6.45, 7) is 10.8. The molecule has 11 aliphatic heterocycles. The van der Waals surface area contributed by atoms with Gasteiger partial charge in [0, 0.05) is 231 Å². The number of para-hydroxylation sites is 6. The number of hydrogen-bond donors (Lipinski definition) is 2. The third kappa shape index (κ3) is 21.1. The highest BCUT2D eigenvalue weighted by molar-refractivity contribution is 6.38. The summed E-state index contributed by atoms with van der Waals surface area (Å²) in [6, 6.07) is 69.0. The lowest BCUT2D eigenvalue weighted by Crippen LogP contribution is -2.35. The largest absolute Gasteiger partial charge is 0.497 e. The van der Waals surface area contributed by atoms with E-state index in [-0.39, 0.29) is 95.6 Å². The zero-order valence-corrected chi connectivity index (χ0v) is 76.0. The Bertz CT molecular complexity index is 6470. The average molecular weight is 1830 g/mol. The van der Waals surface area contributed by atoms with Crippen LogP contribution in [0, 0.1) is 11.8 Å². The van der Waals surface area contributed by atoms with Gasteiger partial charge >= 0.3 is 0 Å². The fourth-order valence-corrected chi connectivity index (χ4v) is 17.0. The van der Waals surface area contributed by atoms with Crippen molar-refractivity contribution >= 4 is 166 Å². The molecule has 1 aromatic heterocycles. The molecular formula is C103H97Cl3N8O17. The van der Waals surface area contributed by atoms with E-state index in [0.717, 1.165) is 145 Å². The van der Waals surface area contributed by atoms with E-state index in [1.165, 1.54) is 6.92 Å². The van der Waals surface area contributed by atoms with E-state index in [0.29, 0.717) is 88.5 Å². The topological polar surface area (TPSA) is 291 Å². The van der Waals surface area contributed by atoms with Crippen molar-refractivity contribution in [3.05, 3.63) is 290 Å². The van der Waals surface area contributed by atoms with Gasteiger partial charge in [0.2, 0.25) is 30.0 Å². The minimum absolute atomic E-state index is 0.00485. The van der Waals surface area contributed by atoms with Crippen LogP contribution in [0.25, 0.3) is 21.9 Å². The summed E-state index contributed by atoms with van der Waals surface area (Å²) in [5.41, 5.74) is 16.1. The van der Waals surface area contributed by atoms with E-state index in [4.69, 9.17) is 62.9 Å². The first-order chi connectivity index (χ1) is 63.0. The molecule has 0 spiro atoms. The lowest BCUT2D eigenvalue weighted by molar-refractivity contribution is -0.116. The van der Waals surface area contributed by atoms with Gasteiger partial charge in [0.1, 0.15) is 28.4 Å². The van der Waals surface area contributed by atoms with Crippen molar-refractivity contribution in [2.24, 2.45) is 11.8 Å². The van der Waals surface area contributed by atoms with E-state index in [2.05, 4.69) is 30.2 Å². The number of halogens is 3. The van der Waals surface area contributed by atoms with Gasteiger partial charge < -0.3 is 68.1 Å². The molecule has 3 atom stereocenters. The molecule has 0 saturated heterocycles. The molecule has 0 bridgehead atoms. The van der Waals surface area contributed by atoms with Gasteiger partial charge in [-0.25, -0.2) is 0 Å². The number of likely N-dealkylation sites (N-methyl/N-ethyl adjacent to an activating group) is 1. The molecule has 0 aliphatic carbocycles. The fraction of sp³-hybridized carbons (Fsp3) is 0.252. The predicted molar refractivity (Wildman–Crippen MR) is 512 cm³/mol. The molecule has 3 unspecified atom stereocenters. The van der Waals surface area contributed by atoms with Crippen molar-refractivity contribution in [1.29, 1.82) is 0 Å². The summed E-state index contributed by atoms with van der Waals surface area (Å²) < 4.78 is 31.7. The molecule has 0 radical (unpaired) electrons. The lowest BCUT2D eigenvalue weighted by Gasteiger charge is -2.30. The molecule has 23 rings (SSSR count). The minimum atomic E-state index is -0.526. The van der Waals surface area contributed by atoms with Crippen molar-refractivity contribution in [3.63, 3.8) is 0 Å². The van der Waals surface area contributed by atoms with E-state index in [1.54, 1.807) is 59.4 Å².